The van der Waals surface area contributed by atoms with E-state index < -0.39 is 5.60 Å². The number of para-hydroxylation sites is 1. The first-order chi connectivity index (χ1) is 8.15. The van der Waals surface area contributed by atoms with Crippen molar-refractivity contribution in [2.75, 3.05) is 20.3 Å². The van der Waals surface area contributed by atoms with Crippen molar-refractivity contribution in [2.24, 2.45) is 0 Å². The van der Waals surface area contributed by atoms with Crippen LogP contribution in [0.1, 0.15) is 30.9 Å². The molecule has 1 aliphatic rings. The van der Waals surface area contributed by atoms with E-state index in [4.69, 9.17) is 9.47 Å². The minimum Gasteiger partial charge on any atom is -0.493 e. The molecule has 0 radical (unpaired) electrons. The lowest BCUT2D eigenvalue weighted by Gasteiger charge is -2.29. The highest BCUT2D eigenvalue weighted by molar-refractivity contribution is 5.45. The lowest BCUT2D eigenvalue weighted by Crippen LogP contribution is -2.25. The number of aliphatic hydroxyl groups is 1. The second-order valence-electron chi connectivity index (χ2n) is 4.76. The highest BCUT2D eigenvalue weighted by atomic mass is 16.5. The van der Waals surface area contributed by atoms with Crippen LogP contribution >= 0.6 is 0 Å². The van der Waals surface area contributed by atoms with E-state index in [2.05, 4.69) is 6.07 Å². The van der Waals surface area contributed by atoms with Gasteiger partial charge in [-0.2, -0.15) is 0 Å². The lowest BCUT2D eigenvalue weighted by molar-refractivity contribution is 0.0182. The van der Waals surface area contributed by atoms with Crippen LogP contribution in [0.4, 0.5) is 0 Å². The van der Waals surface area contributed by atoms with E-state index in [0.717, 1.165) is 30.8 Å². The van der Waals surface area contributed by atoms with Gasteiger partial charge in [-0.3, -0.25) is 0 Å². The molecule has 1 N–H and O–H groups in total. The molecule has 94 valence electrons. The van der Waals surface area contributed by atoms with Crippen LogP contribution in [0.15, 0.2) is 18.2 Å². The maximum Gasteiger partial charge on any atom is 0.128 e. The molecule has 2 rings (SSSR count). The van der Waals surface area contributed by atoms with Gasteiger partial charge in [-0.25, -0.2) is 0 Å². The van der Waals surface area contributed by atoms with Gasteiger partial charge in [0.25, 0.3) is 0 Å². The van der Waals surface area contributed by atoms with Gasteiger partial charge in [0.15, 0.2) is 0 Å². The third kappa shape index (κ3) is 2.61. The van der Waals surface area contributed by atoms with E-state index in [1.807, 2.05) is 19.1 Å². The molecule has 0 fully saturated rings. The van der Waals surface area contributed by atoms with Crippen molar-refractivity contribution in [1.29, 1.82) is 0 Å². The van der Waals surface area contributed by atoms with Crippen molar-refractivity contribution in [3.05, 3.63) is 29.3 Å². The molecule has 1 aromatic rings. The van der Waals surface area contributed by atoms with Crippen molar-refractivity contribution >= 4 is 0 Å². The van der Waals surface area contributed by atoms with Gasteiger partial charge in [-0.15, -0.1) is 0 Å². The SMILES string of the molecule is COCCC(C)(O)c1cccc2c1OCCC2. The fourth-order valence-electron chi connectivity index (χ4n) is 2.25. The maximum absolute atomic E-state index is 10.5. The number of aryl methyl sites for hydroxylation is 1. The number of ether oxygens (including phenoxy) is 2. The second-order valence-corrected chi connectivity index (χ2v) is 4.76. The summed E-state index contributed by atoms with van der Waals surface area (Å²) >= 11 is 0. The minimum absolute atomic E-state index is 0.538. The summed E-state index contributed by atoms with van der Waals surface area (Å²) < 4.78 is 10.8. The molecule has 1 aliphatic heterocycles. The largest absolute Gasteiger partial charge is 0.493 e. The molecule has 0 aliphatic carbocycles. The van der Waals surface area contributed by atoms with Crippen LogP contribution < -0.4 is 4.74 Å². The molecule has 0 saturated heterocycles. The first-order valence-corrected chi connectivity index (χ1v) is 6.11. The summed E-state index contributed by atoms with van der Waals surface area (Å²) in [6.07, 6.45) is 2.66. The van der Waals surface area contributed by atoms with E-state index in [9.17, 15) is 5.11 Å². The Hall–Kier alpha value is -1.06. The van der Waals surface area contributed by atoms with Gasteiger partial charge in [0.05, 0.1) is 12.2 Å². The van der Waals surface area contributed by atoms with Crippen LogP contribution in [0.3, 0.4) is 0 Å². The van der Waals surface area contributed by atoms with Crippen molar-refractivity contribution < 1.29 is 14.6 Å². The summed E-state index contributed by atoms with van der Waals surface area (Å²) in [6, 6.07) is 6.01. The molecule has 1 unspecified atom stereocenters. The van der Waals surface area contributed by atoms with Crippen molar-refractivity contribution in [3.63, 3.8) is 0 Å². The van der Waals surface area contributed by atoms with Crippen molar-refractivity contribution in [2.45, 2.75) is 31.8 Å². The molecule has 0 aromatic heterocycles. The van der Waals surface area contributed by atoms with Gasteiger partial charge < -0.3 is 14.6 Å². The molecule has 3 nitrogen and oxygen atoms in total. The molecule has 0 amide bonds. The highest BCUT2D eigenvalue weighted by Gasteiger charge is 2.28. The van der Waals surface area contributed by atoms with Gasteiger partial charge in [-0.1, -0.05) is 18.2 Å². The average Bonchev–Trinajstić information content (AvgIpc) is 2.36. The third-order valence-electron chi connectivity index (χ3n) is 3.31. The summed E-state index contributed by atoms with van der Waals surface area (Å²) in [7, 11) is 1.65. The Morgan fingerprint density at radius 1 is 1.47 bits per heavy atom. The molecule has 1 aromatic carbocycles. The summed E-state index contributed by atoms with van der Waals surface area (Å²) in [6.45, 7) is 3.10. The van der Waals surface area contributed by atoms with Crippen LogP contribution in [0.25, 0.3) is 0 Å². The monoisotopic (exact) mass is 236 g/mol. The number of benzene rings is 1. The normalized spacial score (nSPS) is 18.1. The molecule has 0 bridgehead atoms. The Labute approximate surface area is 102 Å². The van der Waals surface area contributed by atoms with Crippen LogP contribution in [0, 0.1) is 0 Å². The lowest BCUT2D eigenvalue weighted by atomic mass is 9.89. The molecule has 3 heteroatoms. The van der Waals surface area contributed by atoms with E-state index in [0.29, 0.717) is 13.0 Å². The third-order valence-corrected chi connectivity index (χ3v) is 3.31. The van der Waals surface area contributed by atoms with Gasteiger partial charge in [-0.05, 0) is 25.3 Å². The number of hydrogen-bond acceptors (Lipinski definition) is 3. The average molecular weight is 236 g/mol. The Kier molecular flexibility index (Phi) is 3.69. The maximum atomic E-state index is 10.5. The van der Waals surface area contributed by atoms with Crippen LogP contribution in [-0.2, 0) is 16.8 Å². The zero-order chi connectivity index (χ0) is 12.3. The number of rotatable bonds is 4. The fraction of sp³-hybridized carbons (Fsp3) is 0.571. The Bertz CT molecular complexity index is 385. The number of hydrogen-bond donors (Lipinski definition) is 1. The molecule has 1 heterocycles. The summed E-state index contributed by atoms with van der Waals surface area (Å²) in [5.74, 6) is 0.875. The van der Waals surface area contributed by atoms with Gasteiger partial charge >= 0.3 is 0 Å². The molecular weight excluding hydrogens is 216 g/mol. The fourth-order valence-corrected chi connectivity index (χ4v) is 2.25. The van der Waals surface area contributed by atoms with Gasteiger partial charge in [0, 0.05) is 25.7 Å². The topological polar surface area (TPSA) is 38.7 Å². The van der Waals surface area contributed by atoms with Crippen LogP contribution in [0.2, 0.25) is 0 Å². The van der Waals surface area contributed by atoms with Crippen LogP contribution in [-0.4, -0.2) is 25.4 Å². The zero-order valence-corrected chi connectivity index (χ0v) is 10.5. The predicted molar refractivity (Wildman–Crippen MR) is 66.3 cm³/mol. The smallest absolute Gasteiger partial charge is 0.128 e. The Morgan fingerprint density at radius 2 is 2.29 bits per heavy atom. The first kappa shape index (κ1) is 12.4. The van der Waals surface area contributed by atoms with E-state index in [1.54, 1.807) is 7.11 Å². The van der Waals surface area contributed by atoms with E-state index in [-0.39, 0.29) is 0 Å². The second kappa shape index (κ2) is 5.07. The zero-order valence-electron chi connectivity index (χ0n) is 10.5. The summed E-state index contributed by atoms with van der Waals surface area (Å²) in [5, 5.41) is 10.5. The first-order valence-electron chi connectivity index (χ1n) is 6.11. The van der Waals surface area contributed by atoms with Gasteiger partial charge in [0.2, 0.25) is 0 Å². The number of methoxy groups -OCH3 is 1. The minimum atomic E-state index is -0.890. The number of fused-ring (bicyclic) bond motifs is 1. The molecule has 1 atom stereocenters. The summed E-state index contributed by atoms with van der Waals surface area (Å²) in [5.41, 5.74) is 1.19. The van der Waals surface area contributed by atoms with Crippen LogP contribution in [0.5, 0.6) is 5.75 Å². The summed E-state index contributed by atoms with van der Waals surface area (Å²) in [4.78, 5) is 0. The highest BCUT2D eigenvalue weighted by Crippen LogP contribution is 2.37. The van der Waals surface area contributed by atoms with E-state index in [1.165, 1.54) is 5.56 Å². The Balaban J connectivity index is 2.31. The molecule has 0 spiro atoms. The standard InChI is InChI=1S/C14H20O3/c1-14(15,8-10-16-2)12-7-3-5-11-6-4-9-17-13(11)12/h3,5,7,15H,4,6,8-10H2,1-2H3. The van der Waals surface area contributed by atoms with Gasteiger partial charge in [0.1, 0.15) is 5.75 Å². The van der Waals surface area contributed by atoms with Crippen molar-refractivity contribution in [1.82, 2.24) is 0 Å². The van der Waals surface area contributed by atoms with E-state index >= 15 is 0 Å². The Morgan fingerprint density at radius 3 is 3.06 bits per heavy atom. The predicted octanol–water partition coefficient (Wildman–Crippen LogP) is 2.26. The molecule has 0 saturated carbocycles. The molecular formula is C14H20O3. The van der Waals surface area contributed by atoms with Crippen molar-refractivity contribution in [3.8, 4) is 5.75 Å². The molecule has 17 heavy (non-hydrogen) atoms. The quantitative estimate of drug-likeness (QED) is 0.871.